The summed E-state index contributed by atoms with van der Waals surface area (Å²) in [5.41, 5.74) is 9.17. The first-order chi connectivity index (χ1) is 11.0. The van der Waals surface area contributed by atoms with E-state index in [4.69, 9.17) is 0 Å². The third kappa shape index (κ3) is 4.95. The Kier molecular flexibility index (Phi) is 5.52. The average molecular weight is 309 g/mol. The third-order valence-corrected chi connectivity index (χ3v) is 3.64. The van der Waals surface area contributed by atoms with Crippen LogP contribution < -0.4 is 10.7 Å². The highest BCUT2D eigenvalue weighted by atomic mass is 16.2. The van der Waals surface area contributed by atoms with Gasteiger partial charge < -0.3 is 5.32 Å². The van der Waals surface area contributed by atoms with Crippen molar-refractivity contribution in [2.24, 2.45) is 5.10 Å². The number of rotatable bonds is 5. The van der Waals surface area contributed by atoms with E-state index in [0.29, 0.717) is 0 Å². The van der Waals surface area contributed by atoms with E-state index in [-0.39, 0.29) is 12.5 Å². The van der Waals surface area contributed by atoms with Crippen LogP contribution in [-0.2, 0) is 4.79 Å². The first-order valence-corrected chi connectivity index (χ1v) is 7.66. The average Bonchev–Trinajstić information content (AvgIpc) is 2.48. The molecule has 2 rings (SSSR count). The lowest BCUT2D eigenvalue weighted by atomic mass is 10.1. The van der Waals surface area contributed by atoms with Crippen LogP contribution in [0.4, 0.5) is 5.69 Å². The van der Waals surface area contributed by atoms with Crippen molar-refractivity contribution in [3.63, 3.8) is 0 Å². The molecule has 2 aromatic carbocycles. The summed E-state index contributed by atoms with van der Waals surface area (Å²) in [4.78, 5) is 11.8. The Hall–Kier alpha value is -2.62. The lowest BCUT2D eigenvalue weighted by Crippen LogP contribution is -2.26. The van der Waals surface area contributed by atoms with Crippen molar-refractivity contribution in [3.8, 4) is 0 Å². The zero-order chi connectivity index (χ0) is 16.8. The summed E-state index contributed by atoms with van der Waals surface area (Å²) >= 11 is 0. The zero-order valence-corrected chi connectivity index (χ0v) is 14.1. The molecule has 0 aromatic heterocycles. The predicted molar refractivity (Wildman–Crippen MR) is 96.1 cm³/mol. The van der Waals surface area contributed by atoms with Crippen molar-refractivity contribution in [2.75, 3.05) is 11.9 Å². The van der Waals surface area contributed by atoms with E-state index in [1.165, 1.54) is 11.1 Å². The Morgan fingerprint density at radius 1 is 1.00 bits per heavy atom. The minimum Gasteiger partial charge on any atom is -0.376 e. The lowest BCUT2D eigenvalue weighted by Gasteiger charge is -2.09. The van der Waals surface area contributed by atoms with Gasteiger partial charge in [-0.25, -0.2) is 5.43 Å². The van der Waals surface area contributed by atoms with Crippen LogP contribution in [0, 0.1) is 27.7 Å². The molecular formula is C19H23N3O. The van der Waals surface area contributed by atoms with Gasteiger partial charge in [-0.3, -0.25) is 4.79 Å². The van der Waals surface area contributed by atoms with E-state index in [2.05, 4.69) is 34.9 Å². The quantitative estimate of drug-likeness (QED) is 0.656. The molecule has 0 saturated carbocycles. The maximum atomic E-state index is 11.8. The number of nitrogens with zero attached hydrogens (tertiary/aromatic N) is 1. The number of hydrazone groups is 1. The van der Waals surface area contributed by atoms with Crippen LogP contribution >= 0.6 is 0 Å². The largest absolute Gasteiger partial charge is 0.376 e. The second-order valence-corrected chi connectivity index (χ2v) is 5.83. The van der Waals surface area contributed by atoms with Crippen LogP contribution in [0.5, 0.6) is 0 Å². The van der Waals surface area contributed by atoms with Gasteiger partial charge in [0.05, 0.1) is 12.8 Å². The van der Waals surface area contributed by atoms with Gasteiger partial charge in [-0.05, 0) is 50.5 Å². The summed E-state index contributed by atoms with van der Waals surface area (Å²) in [5.74, 6) is -0.175. The SMILES string of the molecule is Cc1ccc(C=NNC(=O)CNc2ccc(C)cc2C)c(C)c1. The summed E-state index contributed by atoms with van der Waals surface area (Å²) in [6.07, 6.45) is 1.67. The molecule has 4 nitrogen and oxygen atoms in total. The zero-order valence-electron chi connectivity index (χ0n) is 14.1. The molecule has 0 radical (unpaired) electrons. The molecule has 0 atom stereocenters. The van der Waals surface area contributed by atoms with Crippen LogP contribution in [-0.4, -0.2) is 18.7 Å². The highest BCUT2D eigenvalue weighted by molar-refractivity contribution is 5.85. The van der Waals surface area contributed by atoms with Crippen molar-refractivity contribution in [1.29, 1.82) is 0 Å². The fourth-order valence-electron chi connectivity index (χ4n) is 2.37. The van der Waals surface area contributed by atoms with Gasteiger partial charge in [0.1, 0.15) is 0 Å². The minimum absolute atomic E-state index is 0.175. The molecule has 0 unspecified atom stereocenters. The fourth-order valence-corrected chi connectivity index (χ4v) is 2.37. The number of benzene rings is 2. The van der Waals surface area contributed by atoms with Crippen molar-refractivity contribution >= 4 is 17.8 Å². The van der Waals surface area contributed by atoms with Crippen molar-refractivity contribution < 1.29 is 4.79 Å². The first kappa shape index (κ1) is 16.7. The van der Waals surface area contributed by atoms with Gasteiger partial charge in [-0.2, -0.15) is 5.10 Å². The molecule has 2 aromatic rings. The van der Waals surface area contributed by atoms with E-state index in [9.17, 15) is 4.79 Å². The Morgan fingerprint density at radius 2 is 1.65 bits per heavy atom. The summed E-state index contributed by atoms with van der Waals surface area (Å²) in [5, 5.41) is 7.14. The number of carbonyl (C=O) groups excluding carboxylic acids is 1. The van der Waals surface area contributed by atoms with Gasteiger partial charge in [-0.15, -0.1) is 0 Å². The number of carbonyl (C=O) groups is 1. The van der Waals surface area contributed by atoms with E-state index in [1.807, 2.05) is 45.0 Å². The number of nitrogens with one attached hydrogen (secondary N) is 2. The number of amides is 1. The highest BCUT2D eigenvalue weighted by Crippen LogP contribution is 2.15. The Morgan fingerprint density at radius 3 is 2.30 bits per heavy atom. The van der Waals surface area contributed by atoms with Gasteiger partial charge in [0.2, 0.25) is 0 Å². The monoisotopic (exact) mass is 309 g/mol. The summed E-state index contributed by atoms with van der Waals surface area (Å²) in [7, 11) is 0. The molecule has 0 aliphatic heterocycles. The molecule has 0 fully saturated rings. The van der Waals surface area contributed by atoms with E-state index in [1.54, 1.807) is 6.21 Å². The molecule has 2 N–H and O–H groups in total. The minimum atomic E-state index is -0.175. The summed E-state index contributed by atoms with van der Waals surface area (Å²) in [6.45, 7) is 8.33. The fraction of sp³-hybridized carbons (Fsp3) is 0.263. The van der Waals surface area contributed by atoms with Crippen molar-refractivity contribution in [1.82, 2.24) is 5.43 Å². The molecule has 120 valence electrons. The molecule has 0 heterocycles. The van der Waals surface area contributed by atoms with Crippen LogP contribution in [0.3, 0.4) is 0 Å². The molecule has 0 saturated heterocycles. The van der Waals surface area contributed by atoms with E-state index < -0.39 is 0 Å². The van der Waals surface area contributed by atoms with Crippen LogP contribution in [0.15, 0.2) is 41.5 Å². The van der Waals surface area contributed by atoms with Gasteiger partial charge in [0.25, 0.3) is 5.91 Å². The normalized spacial score (nSPS) is 10.8. The van der Waals surface area contributed by atoms with Crippen molar-refractivity contribution in [3.05, 3.63) is 64.2 Å². The van der Waals surface area contributed by atoms with Crippen LogP contribution in [0.25, 0.3) is 0 Å². The van der Waals surface area contributed by atoms with E-state index in [0.717, 1.165) is 22.4 Å². The second-order valence-electron chi connectivity index (χ2n) is 5.83. The standard InChI is InChI=1S/C19H23N3O/c1-13-5-7-17(15(3)9-13)11-21-22-19(23)12-20-18-8-6-14(2)10-16(18)4/h5-11,20H,12H2,1-4H3,(H,22,23). The first-order valence-electron chi connectivity index (χ1n) is 7.66. The molecule has 4 heteroatoms. The van der Waals surface area contributed by atoms with Gasteiger partial charge >= 0.3 is 0 Å². The predicted octanol–water partition coefficient (Wildman–Crippen LogP) is 3.48. The van der Waals surface area contributed by atoms with Crippen LogP contribution in [0.2, 0.25) is 0 Å². The van der Waals surface area contributed by atoms with Crippen LogP contribution in [0.1, 0.15) is 27.8 Å². The Labute approximate surface area is 137 Å². The maximum absolute atomic E-state index is 11.8. The third-order valence-electron chi connectivity index (χ3n) is 3.64. The second kappa shape index (κ2) is 7.58. The lowest BCUT2D eigenvalue weighted by molar-refractivity contribution is -0.119. The Bertz CT molecular complexity index is 735. The molecule has 1 amide bonds. The number of anilines is 1. The maximum Gasteiger partial charge on any atom is 0.259 e. The molecule has 0 bridgehead atoms. The number of aryl methyl sites for hydroxylation is 4. The van der Waals surface area contributed by atoms with E-state index >= 15 is 0 Å². The van der Waals surface area contributed by atoms with Crippen molar-refractivity contribution in [2.45, 2.75) is 27.7 Å². The Balaban J connectivity index is 1.86. The number of hydrogen-bond acceptors (Lipinski definition) is 3. The topological polar surface area (TPSA) is 53.5 Å². The molecular weight excluding hydrogens is 286 g/mol. The number of hydrogen-bond donors (Lipinski definition) is 2. The smallest absolute Gasteiger partial charge is 0.259 e. The van der Waals surface area contributed by atoms with Gasteiger partial charge in [-0.1, -0.05) is 41.5 Å². The molecule has 0 aliphatic carbocycles. The molecule has 0 spiro atoms. The molecule has 23 heavy (non-hydrogen) atoms. The summed E-state index contributed by atoms with van der Waals surface area (Å²) < 4.78 is 0. The highest BCUT2D eigenvalue weighted by Gasteiger charge is 2.02. The summed E-state index contributed by atoms with van der Waals surface area (Å²) in [6, 6.07) is 12.2. The van der Waals surface area contributed by atoms with Gasteiger partial charge in [0, 0.05) is 5.69 Å². The van der Waals surface area contributed by atoms with Gasteiger partial charge in [0.15, 0.2) is 0 Å². The molecule has 0 aliphatic rings.